The molecule has 2 rings (SSSR count). The summed E-state index contributed by atoms with van der Waals surface area (Å²) in [6, 6.07) is 0. The van der Waals surface area contributed by atoms with Gasteiger partial charge in [0.25, 0.3) is 0 Å². The van der Waals surface area contributed by atoms with E-state index < -0.39 is 23.5 Å². The first-order valence-corrected chi connectivity index (χ1v) is 4.70. The SMILES string of the molecule is O=C(O)C1CCC2CCC1(C(=O)O)O2. The first-order valence-electron chi connectivity index (χ1n) is 4.70. The lowest BCUT2D eigenvalue weighted by Gasteiger charge is -2.34. The van der Waals surface area contributed by atoms with Crippen molar-refractivity contribution in [3.05, 3.63) is 0 Å². The maximum absolute atomic E-state index is 11.1. The minimum atomic E-state index is -1.45. The van der Waals surface area contributed by atoms with E-state index in [4.69, 9.17) is 14.9 Å². The van der Waals surface area contributed by atoms with Gasteiger partial charge in [-0.05, 0) is 25.7 Å². The summed E-state index contributed by atoms with van der Waals surface area (Å²) in [6.45, 7) is 0. The third kappa shape index (κ3) is 1.12. The van der Waals surface area contributed by atoms with Crippen molar-refractivity contribution in [2.45, 2.75) is 37.4 Å². The maximum atomic E-state index is 11.1. The van der Waals surface area contributed by atoms with Crippen LogP contribution in [0.15, 0.2) is 0 Å². The molecule has 2 heterocycles. The first kappa shape index (κ1) is 9.45. The number of hydrogen-bond donors (Lipinski definition) is 2. The Bertz CT molecular complexity index is 285. The van der Waals surface area contributed by atoms with Crippen LogP contribution in [-0.2, 0) is 14.3 Å². The highest BCUT2D eigenvalue weighted by atomic mass is 16.5. The van der Waals surface area contributed by atoms with Crippen LogP contribution in [0.3, 0.4) is 0 Å². The van der Waals surface area contributed by atoms with Gasteiger partial charge in [0.2, 0.25) is 0 Å². The summed E-state index contributed by atoms with van der Waals surface area (Å²) < 4.78 is 5.34. The van der Waals surface area contributed by atoms with Crippen LogP contribution < -0.4 is 0 Å². The molecule has 0 radical (unpaired) electrons. The van der Waals surface area contributed by atoms with Crippen LogP contribution in [0.2, 0.25) is 0 Å². The number of hydrogen-bond acceptors (Lipinski definition) is 3. The molecule has 0 aromatic carbocycles. The summed E-state index contributed by atoms with van der Waals surface area (Å²) in [7, 11) is 0. The second-order valence-electron chi connectivity index (χ2n) is 3.94. The highest BCUT2D eigenvalue weighted by molar-refractivity contribution is 5.86. The molecule has 0 saturated carbocycles. The zero-order valence-electron chi connectivity index (χ0n) is 7.60. The molecule has 2 aliphatic rings. The molecule has 0 aliphatic carbocycles. The van der Waals surface area contributed by atoms with Crippen LogP contribution in [0, 0.1) is 5.92 Å². The lowest BCUT2D eigenvalue weighted by atomic mass is 9.82. The quantitative estimate of drug-likeness (QED) is 0.677. The molecular formula is C9H12O5. The number of carboxylic acid groups (broad SMARTS) is 2. The van der Waals surface area contributed by atoms with Gasteiger partial charge in [-0.2, -0.15) is 0 Å². The first-order chi connectivity index (χ1) is 6.56. The predicted molar refractivity (Wildman–Crippen MR) is 44.8 cm³/mol. The molecule has 0 aromatic rings. The summed E-state index contributed by atoms with van der Waals surface area (Å²) in [5.41, 5.74) is -1.45. The number of aliphatic carboxylic acids is 2. The van der Waals surface area contributed by atoms with Crippen LogP contribution >= 0.6 is 0 Å². The van der Waals surface area contributed by atoms with Gasteiger partial charge < -0.3 is 14.9 Å². The van der Waals surface area contributed by atoms with Crippen LogP contribution in [0.25, 0.3) is 0 Å². The third-order valence-electron chi connectivity index (χ3n) is 3.21. The van der Waals surface area contributed by atoms with Gasteiger partial charge in [0.05, 0.1) is 12.0 Å². The van der Waals surface area contributed by atoms with E-state index in [1.807, 2.05) is 0 Å². The molecule has 3 unspecified atom stereocenters. The van der Waals surface area contributed by atoms with Crippen molar-refractivity contribution in [1.29, 1.82) is 0 Å². The molecule has 2 bridgehead atoms. The second kappa shape index (κ2) is 2.95. The summed E-state index contributed by atoms with van der Waals surface area (Å²) in [5, 5.41) is 18.0. The van der Waals surface area contributed by atoms with E-state index in [1.165, 1.54) is 0 Å². The van der Waals surface area contributed by atoms with Crippen molar-refractivity contribution in [1.82, 2.24) is 0 Å². The van der Waals surface area contributed by atoms with E-state index in [1.54, 1.807) is 0 Å². The zero-order valence-corrected chi connectivity index (χ0v) is 7.60. The molecule has 0 amide bonds. The van der Waals surface area contributed by atoms with Crippen molar-refractivity contribution in [2.75, 3.05) is 0 Å². The van der Waals surface area contributed by atoms with E-state index in [-0.39, 0.29) is 6.10 Å². The molecule has 2 aliphatic heterocycles. The number of fused-ring (bicyclic) bond motifs is 2. The molecule has 14 heavy (non-hydrogen) atoms. The fourth-order valence-corrected chi connectivity index (χ4v) is 2.47. The Labute approximate surface area is 80.7 Å². The summed E-state index contributed by atoms with van der Waals surface area (Å²) in [5.74, 6) is -3.08. The average Bonchev–Trinajstić information content (AvgIpc) is 2.44. The number of carbonyl (C=O) groups is 2. The molecule has 5 heteroatoms. The zero-order chi connectivity index (χ0) is 10.3. The smallest absolute Gasteiger partial charge is 0.336 e. The maximum Gasteiger partial charge on any atom is 0.336 e. The predicted octanol–water partition coefficient (Wildman–Crippen LogP) is 0.483. The summed E-state index contributed by atoms with van der Waals surface area (Å²) in [4.78, 5) is 22.0. The molecule has 5 nitrogen and oxygen atoms in total. The third-order valence-corrected chi connectivity index (χ3v) is 3.21. The lowest BCUT2D eigenvalue weighted by Crippen LogP contribution is -2.51. The molecule has 2 fully saturated rings. The molecule has 0 spiro atoms. The Balaban J connectivity index is 2.33. The Morgan fingerprint density at radius 2 is 1.93 bits per heavy atom. The Morgan fingerprint density at radius 3 is 2.50 bits per heavy atom. The van der Waals surface area contributed by atoms with Gasteiger partial charge in [0.1, 0.15) is 0 Å². The van der Waals surface area contributed by atoms with Gasteiger partial charge in [-0.1, -0.05) is 0 Å². The molecule has 2 N–H and O–H groups in total. The minimum absolute atomic E-state index is 0.0540. The van der Waals surface area contributed by atoms with E-state index in [2.05, 4.69) is 0 Å². The number of carboxylic acids is 2. The van der Waals surface area contributed by atoms with E-state index in [0.29, 0.717) is 25.7 Å². The highest BCUT2D eigenvalue weighted by Crippen LogP contribution is 2.45. The number of rotatable bonds is 2. The fourth-order valence-electron chi connectivity index (χ4n) is 2.47. The van der Waals surface area contributed by atoms with Crippen LogP contribution in [0.1, 0.15) is 25.7 Å². The van der Waals surface area contributed by atoms with Gasteiger partial charge in [0.15, 0.2) is 5.60 Å². The average molecular weight is 200 g/mol. The van der Waals surface area contributed by atoms with Crippen LogP contribution in [0.4, 0.5) is 0 Å². The topological polar surface area (TPSA) is 83.8 Å². The van der Waals surface area contributed by atoms with E-state index in [9.17, 15) is 9.59 Å². The van der Waals surface area contributed by atoms with Crippen molar-refractivity contribution in [3.8, 4) is 0 Å². The van der Waals surface area contributed by atoms with E-state index >= 15 is 0 Å². The van der Waals surface area contributed by atoms with Gasteiger partial charge in [-0.15, -0.1) is 0 Å². The van der Waals surface area contributed by atoms with Gasteiger partial charge in [0, 0.05) is 0 Å². The Kier molecular flexibility index (Phi) is 1.99. The van der Waals surface area contributed by atoms with Crippen molar-refractivity contribution in [2.24, 2.45) is 5.92 Å². The minimum Gasteiger partial charge on any atom is -0.481 e. The monoisotopic (exact) mass is 200 g/mol. The Hall–Kier alpha value is -1.10. The van der Waals surface area contributed by atoms with Crippen LogP contribution in [-0.4, -0.2) is 33.9 Å². The molecule has 2 saturated heterocycles. The standard InChI is InChI=1S/C9H12O5/c10-7(11)6-2-1-5-3-4-9(6,14-5)8(12)13/h5-6H,1-4H2,(H,10,11)(H,12,13). The molecule has 3 atom stereocenters. The second-order valence-corrected chi connectivity index (χ2v) is 3.94. The summed E-state index contributed by atoms with van der Waals surface area (Å²) >= 11 is 0. The fraction of sp³-hybridized carbons (Fsp3) is 0.778. The molecule has 0 aromatic heterocycles. The highest BCUT2D eigenvalue weighted by Gasteiger charge is 2.58. The normalized spacial score (nSPS) is 40.9. The van der Waals surface area contributed by atoms with Crippen LogP contribution in [0.5, 0.6) is 0 Å². The summed E-state index contributed by atoms with van der Waals surface area (Å²) in [6.07, 6.45) is 2.00. The largest absolute Gasteiger partial charge is 0.481 e. The molecular weight excluding hydrogens is 188 g/mol. The van der Waals surface area contributed by atoms with Crippen molar-refractivity contribution >= 4 is 11.9 Å². The molecule has 78 valence electrons. The Morgan fingerprint density at radius 1 is 1.21 bits per heavy atom. The number of ether oxygens (including phenoxy) is 1. The lowest BCUT2D eigenvalue weighted by molar-refractivity contribution is -0.189. The van der Waals surface area contributed by atoms with Crippen molar-refractivity contribution < 1.29 is 24.5 Å². The van der Waals surface area contributed by atoms with Gasteiger partial charge in [-0.3, -0.25) is 4.79 Å². The van der Waals surface area contributed by atoms with Crippen molar-refractivity contribution in [3.63, 3.8) is 0 Å². The van der Waals surface area contributed by atoms with Gasteiger partial charge >= 0.3 is 11.9 Å². The van der Waals surface area contributed by atoms with Gasteiger partial charge in [-0.25, -0.2) is 4.79 Å². The van der Waals surface area contributed by atoms with E-state index in [0.717, 1.165) is 0 Å².